The Kier molecular flexibility index (Phi) is 3.14. The molecule has 2 unspecified atom stereocenters. The lowest BCUT2D eigenvalue weighted by Gasteiger charge is -2.23. The lowest BCUT2D eigenvalue weighted by atomic mass is 9.81. The van der Waals surface area contributed by atoms with Crippen LogP contribution in [0, 0.1) is 0 Å². The molecule has 2 atom stereocenters. The van der Waals surface area contributed by atoms with Crippen molar-refractivity contribution in [2.75, 3.05) is 0 Å². The van der Waals surface area contributed by atoms with Crippen LogP contribution in [-0.4, -0.2) is 0 Å². The van der Waals surface area contributed by atoms with Gasteiger partial charge in [-0.25, -0.2) is 0 Å². The van der Waals surface area contributed by atoms with Gasteiger partial charge in [0.15, 0.2) is 0 Å². The monoisotopic (exact) mass is 235 g/mol. The highest BCUT2D eigenvalue weighted by Gasteiger charge is 2.17. The molecule has 0 heterocycles. The molecule has 0 bridgehead atoms. The molecule has 1 rings (SSSR count). The summed E-state index contributed by atoms with van der Waals surface area (Å²) in [6.07, 6.45) is 0.732. The number of rotatable bonds is 3. The normalized spacial score (nSPS) is 21.9. The minimum atomic E-state index is -0.917. The van der Waals surface area contributed by atoms with Crippen LogP contribution in [0.15, 0.2) is 18.2 Å². The van der Waals surface area contributed by atoms with Crippen molar-refractivity contribution in [2.45, 2.75) is 72.1 Å². The molecule has 0 radical (unpaired) electrons. The molecule has 17 heavy (non-hydrogen) atoms. The maximum absolute atomic E-state index is 8.47. The lowest BCUT2D eigenvalue weighted by Crippen LogP contribution is -2.13. The second kappa shape index (κ2) is 5.25. The molecule has 0 spiro atoms. The van der Waals surface area contributed by atoms with E-state index in [1.54, 1.807) is 6.92 Å². The molecule has 0 nitrogen and oxygen atoms in total. The summed E-state index contributed by atoms with van der Waals surface area (Å²) >= 11 is 0. The first-order chi connectivity index (χ1) is 8.94. The summed E-state index contributed by atoms with van der Waals surface area (Å²) in [4.78, 5) is 0. The molecule has 1 aromatic carbocycles. The van der Waals surface area contributed by atoms with Crippen LogP contribution in [0.3, 0.4) is 0 Å². The zero-order valence-electron chi connectivity index (χ0n) is 15.1. The van der Waals surface area contributed by atoms with Crippen molar-refractivity contribution < 1.29 is 4.11 Å². The highest BCUT2D eigenvalue weighted by atomic mass is 14.2. The zero-order chi connectivity index (χ0) is 15.8. The van der Waals surface area contributed by atoms with Crippen LogP contribution in [0.25, 0.3) is 0 Å². The smallest absolute Gasteiger partial charge is 0.0349 e. The van der Waals surface area contributed by atoms with Gasteiger partial charge in [0.2, 0.25) is 0 Å². The predicted octanol–water partition coefficient (Wildman–Crippen LogP) is 5.62. The van der Waals surface area contributed by atoms with Crippen LogP contribution in [0.5, 0.6) is 0 Å². The van der Waals surface area contributed by atoms with Crippen molar-refractivity contribution in [3.8, 4) is 0 Å². The molecule has 0 heteroatoms. The zero-order valence-corrected chi connectivity index (χ0v) is 12.1. The van der Waals surface area contributed by atoms with E-state index in [1.165, 1.54) is 0 Å². The van der Waals surface area contributed by atoms with Crippen LogP contribution >= 0.6 is 0 Å². The van der Waals surface area contributed by atoms with E-state index in [-0.39, 0.29) is 12.3 Å². The van der Waals surface area contributed by atoms with Gasteiger partial charge in [-0.05, 0) is 40.3 Å². The predicted molar refractivity (Wildman–Crippen MR) is 77.9 cm³/mol. The first kappa shape index (κ1) is 10.2. The van der Waals surface area contributed by atoms with Crippen LogP contribution < -0.4 is 0 Å². The fourth-order valence-electron chi connectivity index (χ4n) is 1.76. The fraction of sp³-hybridized carbons (Fsp3) is 0.647. The van der Waals surface area contributed by atoms with Crippen molar-refractivity contribution in [3.05, 3.63) is 34.9 Å². The van der Waals surface area contributed by atoms with Gasteiger partial charge in [0, 0.05) is 4.11 Å². The van der Waals surface area contributed by atoms with Gasteiger partial charge in [0.1, 0.15) is 0 Å². The molecule has 0 aliphatic carbocycles. The topological polar surface area (TPSA) is 0 Å². The molecular weight excluding hydrogens is 204 g/mol. The fourth-order valence-corrected chi connectivity index (χ4v) is 1.76. The van der Waals surface area contributed by atoms with E-state index in [9.17, 15) is 0 Å². The molecule has 0 N–H and O–H groups in total. The summed E-state index contributed by atoms with van der Waals surface area (Å²) in [5.41, 5.74) is 2.92. The van der Waals surface area contributed by atoms with Gasteiger partial charge in [-0.1, -0.05) is 66.6 Å². The Morgan fingerprint density at radius 3 is 2.24 bits per heavy atom. The van der Waals surface area contributed by atoms with E-state index in [0.717, 1.165) is 23.1 Å². The Morgan fingerprint density at radius 1 is 1.18 bits per heavy atom. The summed E-state index contributed by atoms with van der Waals surface area (Å²) in [5, 5.41) is 0. The van der Waals surface area contributed by atoms with Crippen LogP contribution in [0.2, 0.25) is 0 Å². The average Bonchev–Trinajstić information content (AvgIpc) is 2.37. The second-order valence-electron chi connectivity index (χ2n) is 5.96. The minimum absolute atomic E-state index is 0.0211. The van der Waals surface area contributed by atoms with Gasteiger partial charge in [-0.2, -0.15) is 0 Å². The lowest BCUT2D eigenvalue weighted by molar-refractivity contribution is 0.585. The van der Waals surface area contributed by atoms with Gasteiger partial charge in [0.25, 0.3) is 0 Å². The van der Waals surface area contributed by atoms with Crippen molar-refractivity contribution in [1.82, 2.24) is 0 Å². The molecule has 0 fully saturated rings. The Hall–Kier alpha value is -0.780. The summed E-state index contributed by atoms with van der Waals surface area (Å²) in [7, 11) is 0. The Balaban J connectivity index is 3.52. The standard InChI is InChI=1S/C17H28/c1-8-13(4)15-9-14(12(2)3)10-16(11-15)17(5,6)7/h9-13H,8H2,1-7H3/i2D,12D,13D. The summed E-state index contributed by atoms with van der Waals surface area (Å²) in [5.74, 6) is -1.56. The molecule has 0 amide bonds. The molecule has 0 aliphatic rings. The summed E-state index contributed by atoms with van der Waals surface area (Å²) in [6.45, 7) is 12.2. The average molecular weight is 235 g/mol. The van der Waals surface area contributed by atoms with Gasteiger partial charge < -0.3 is 0 Å². The van der Waals surface area contributed by atoms with E-state index in [2.05, 4.69) is 26.8 Å². The molecular formula is C17H28. The summed E-state index contributed by atoms with van der Waals surface area (Å²) in [6, 6.07) is 6.09. The van der Waals surface area contributed by atoms with Crippen LogP contribution in [0.1, 0.15) is 87.5 Å². The van der Waals surface area contributed by atoms with E-state index >= 15 is 0 Å². The highest BCUT2D eigenvalue weighted by Crippen LogP contribution is 2.31. The molecule has 0 saturated heterocycles. The van der Waals surface area contributed by atoms with Gasteiger partial charge in [0.05, 0.1) is 0 Å². The molecule has 0 aliphatic heterocycles. The maximum atomic E-state index is 8.47. The number of benzene rings is 1. The Bertz CT molecular complexity index is 433. The van der Waals surface area contributed by atoms with Crippen molar-refractivity contribution >= 4 is 0 Å². The molecule has 1 aromatic rings. The highest BCUT2D eigenvalue weighted by molar-refractivity contribution is 5.37. The van der Waals surface area contributed by atoms with Gasteiger partial charge in [-0.3, -0.25) is 0 Å². The van der Waals surface area contributed by atoms with Gasteiger partial charge in [-0.15, -0.1) is 0 Å². The SMILES string of the molecule is [2H]CC([2H])(C)c1cc(C(C)(C)C)cc(C([2H])(C)CC)c1. The summed E-state index contributed by atoms with van der Waals surface area (Å²) < 4.78 is 24.4. The molecule has 0 aromatic heterocycles. The van der Waals surface area contributed by atoms with E-state index in [4.69, 9.17) is 4.11 Å². The first-order valence-corrected chi connectivity index (χ1v) is 6.40. The number of hydrogen-bond donors (Lipinski definition) is 0. The minimum Gasteiger partial charge on any atom is -0.0648 e. The Morgan fingerprint density at radius 2 is 1.76 bits per heavy atom. The Labute approximate surface area is 112 Å². The third-order valence-electron chi connectivity index (χ3n) is 3.31. The van der Waals surface area contributed by atoms with E-state index in [0.29, 0.717) is 0 Å². The van der Waals surface area contributed by atoms with Crippen molar-refractivity contribution in [1.29, 1.82) is 0 Å². The second-order valence-corrected chi connectivity index (χ2v) is 5.96. The number of hydrogen-bond acceptors (Lipinski definition) is 0. The van der Waals surface area contributed by atoms with Crippen LogP contribution in [0.4, 0.5) is 0 Å². The van der Waals surface area contributed by atoms with Crippen molar-refractivity contribution in [2.24, 2.45) is 0 Å². The van der Waals surface area contributed by atoms with E-state index in [1.807, 2.05) is 26.0 Å². The third-order valence-corrected chi connectivity index (χ3v) is 3.31. The van der Waals surface area contributed by atoms with E-state index < -0.39 is 11.8 Å². The molecule has 96 valence electrons. The molecule has 0 saturated carbocycles. The quantitative estimate of drug-likeness (QED) is 0.637. The van der Waals surface area contributed by atoms with Gasteiger partial charge >= 0.3 is 0 Å². The maximum Gasteiger partial charge on any atom is 0.0349 e. The largest absolute Gasteiger partial charge is 0.0648 e. The van der Waals surface area contributed by atoms with Crippen LogP contribution in [-0.2, 0) is 5.41 Å². The third kappa shape index (κ3) is 3.59. The van der Waals surface area contributed by atoms with Crippen molar-refractivity contribution in [3.63, 3.8) is 0 Å². The first-order valence-electron chi connectivity index (χ1n) is 8.10.